The zero-order chi connectivity index (χ0) is 14.0. The molecule has 0 saturated carbocycles. The van der Waals surface area contributed by atoms with Crippen molar-refractivity contribution in [1.29, 1.82) is 0 Å². The Morgan fingerprint density at radius 1 is 1.42 bits per heavy atom. The molecule has 1 amide bonds. The number of rotatable bonds is 4. The maximum Gasteiger partial charge on any atom is 0.243 e. The molecule has 19 heavy (non-hydrogen) atoms. The molecule has 0 aliphatic heterocycles. The first-order valence-corrected chi connectivity index (χ1v) is 6.21. The molecule has 0 spiro atoms. The first-order valence-electron chi connectivity index (χ1n) is 6.21. The van der Waals surface area contributed by atoms with Crippen molar-refractivity contribution in [3.63, 3.8) is 0 Å². The fourth-order valence-corrected chi connectivity index (χ4v) is 1.78. The van der Waals surface area contributed by atoms with Gasteiger partial charge >= 0.3 is 0 Å². The van der Waals surface area contributed by atoms with Crippen LogP contribution in [0.4, 0.5) is 5.95 Å². The summed E-state index contributed by atoms with van der Waals surface area (Å²) >= 11 is 0. The van der Waals surface area contributed by atoms with Crippen LogP contribution >= 0.6 is 0 Å². The van der Waals surface area contributed by atoms with Crippen LogP contribution in [0, 0.1) is 12.3 Å². The lowest BCUT2D eigenvalue weighted by Crippen LogP contribution is -2.39. The quantitative estimate of drug-likeness (QED) is 0.868. The monoisotopic (exact) mass is 261 g/mol. The van der Waals surface area contributed by atoms with E-state index in [2.05, 4.69) is 20.7 Å². The third-order valence-electron chi connectivity index (χ3n) is 3.01. The molecular formula is C13H19N5O. The summed E-state index contributed by atoms with van der Waals surface area (Å²) in [7, 11) is 1.63. The van der Waals surface area contributed by atoms with E-state index in [1.165, 1.54) is 0 Å². The number of hydrogen-bond acceptors (Lipinski definition) is 4. The van der Waals surface area contributed by atoms with Crippen LogP contribution < -0.4 is 10.6 Å². The van der Waals surface area contributed by atoms with Crippen LogP contribution in [0.25, 0.3) is 5.65 Å². The Bertz CT molecular complexity index is 602. The first-order chi connectivity index (χ1) is 8.92. The Balaban J connectivity index is 2.12. The van der Waals surface area contributed by atoms with Crippen LogP contribution in [0.1, 0.15) is 19.4 Å². The molecule has 2 N–H and O–H groups in total. The molecule has 6 nitrogen and oxygen atoms in total. The maximum absolute atomic E-state index is 11.7. The van der Waals surface area contributed by atoms with Crippen molar-refractivity contribution in [2.45, 2.75) is 20.8 Å². The second-order valence-corrected chi connectivity index (χ2v) is 5.26. The van der Waals surface area contributed by atoms with Gasteiger partial charge < -0.3 is 10.6 Å². The summed E-state index contributed by atoms with van der Waals surface area (Å²) in [6.45, 7) is 6.23. The topological polar surface area (TPSA) is 71.3 Å². The van der Waals surface area contributed by atoms with Crippen molar-refractivity contribution in [1.82, 2.24) is 19.9 Å². The standard InChI is InChI=1S/C13H19N5O/c1-9-5-6-10-16-12(17-18(10)7-9)15-8-13(2,3)11(19)14-4/h5-7H,8H2,1-4H3,(H,14,19)(H,15,17). The van der Waals surface area contributed by atoms with E-state index in [0.717, 1.165) is 11.2 Å². The van der Waals surface area contributed by atoms with Gasteiger partial charge in [-0.2, -0.15) is 4.98 Å². The largest absolute Gasteiger partial charge is 0.359 e. The lowest BCUT2D eigenvalue weighted by atomic mass is 9.92. The van der Waals surface area contributed by atoms with E-state index in [1.807, 2.05) is 39.1 Å². The third kappa shape index (κ3) is 2.83. The Labute approximate surface area is 112 Å². The molecule has 0 fully saturated rings. The van der Waals surface area contributed by atoms with Crippen molar-refractivity contribution in [2.75, 3.05) is 18.9 Å². The average molecular weight is 261 g/mol. The van der Waals surface area contributed by atoms with Gasteiger partial charge in [-0.3, -0.25) is 4.79 Å². The average Bonchev–Trinajstić information content (AvgIpc) is 2.77. The van der Waals surface area contributed by atoms with Gasteiger partial charge in [0.15, 0.2) is 5.65 Å². The van der Waals surface area contributed by atoms with E-state index in [4.69, 9.17) is 0 Å². The molecule has 0 bridgehead atoms. The van der Waals surface area contributed by atoms with Crippen molar-refractivity contribution in [3.8, 4) is 0 Å². The lowest BCUT2D eigenvalue weighted by molar-refractivity contribution is -0.128. The van der Waals surface area contributed by atoms with Gasteiger partial charge in [-0.15, -0.1) is 5.10 Å². The minimum absolute atomic E-state index is 0.0143. The van der Waals surface area contributed by atoms with E-state index in [0.29, 0.717) is 12.5 Å². The van der Waals surface area contributed by atoms with Crippen LogP contribution in [0.15, 0.2) is 18.3 Å². The molecule has 0 saturated heterocycles. The van der Waals surface area contributed by atoms with Gasteiger partial charge in [-0.05, 0) is 32.4 Å². The molecule has 0 radical (unpaired) electrons. The van der Waals surface area contributed by atoms with Gasteiger partial charge in [-0.1, -0.05) is 6.07 Å². The minimum atomic E-state index is -0.512. The molecule has 102 valence electrons. The van der Waals surface area contributed by atoms with E-state index in [9.17, 15) is 4.79 Å². The van der Waals surface area contributed by atoms with Gasteiger partial charge in [0.05, 0.1) is 5.41 Å². The molecular weight excluding hydrogens is 242 g/mol. The van der Waals surface area contributed by atoms with E-state index in [1.54, 1.807) is 11.6 Å². The highest BCUT2D eigenvalue weighted by molar-refractivity contribution is 5.82. The molecule has 2 aromatic heterocycles. The minimum Gasteiger partial charge on any atom is -0.359 e. The number of hydrogen-bond donors (Lipinski definition) is 2. The van der Waals surface area contributed by atoms with Crippen LogP contribution in [0.3, 0.4) is 0 Å². The molecule has 2 rings (SSSR count). The normalized spacial score (nSPS) is 11.6. The number of nitrogens with one attached hydrogen (secondary N) is 2. The SMILES string of the molecule is CNC(=O)C(C)(C)CNc1nc2ccc(C)cn2n1. The van der Waals surface area contributed by atoms with Gasteiger partial charge in [0.1, 0.15) is 0 Å². The molecule has 2 heterocycles. The predicted molar refractivity (Wildman–Crippen MR) is 74.1 cm³/mol. The summed E-state index contributed by atoms with van der Waals surface area (Å²) < 4.78 is 1.73. The van der Waals surface area contributed by atoms with Crippen LogP contribution in [-0.4, -0.2) is 34.1 Å². The van der Waals surface area contributed by atoms with Crippen molar-refractivity contribution >= 4 is 17.5 Å². The second-order valence-electron chi connectivity index (χ2n) is 5.26. The zero-order valence-electron chi connectivity index (χ0n) is 11.7. The molecule has 0 unspecified atom stereocenters. The first kappa shape index (κ1) is 13.3. The molecule has 0 aliphatic carbocycles. The number of carbonyl (C=O) groups is 1. The number of aryl methyl sites for hydroxylation is 1. The highest BCUT2D eigenvalue weighted by atomic mass is 16.2. The number of anilines is 1. The zero-order valence-corrected chi connectivity index (χ0v) is 11.7. The number of carbonyl (C=O) groups excluding carboxylic acids is 1. The predicted octanol–water partition coefficient (Wildman–Crippen LogP) is 1.22. The van der Waals surface area contributed by atoms with Crippen molar-refractivity contribution in [3.05, 3.63) is 23.9 Å². The van der Waals surface area contributed by atoms with E-state index >= 15 is 0 Å². The molecule has 2 aromatic rings. The lowest BCUT2D eigenvalue weighted by Gasteiger charge is -2.22. The number of fused-ring (bicyclic) bond motifs is 1. The second kappa shape index (κ2) is 4.87. The third-order valence-corrected chi connectivity index (χ3v) is 3.01. The number of amides is 1. The number of nitrogens with zero attached hydrogens (tertiary/aromatic N) is 3. The smallest absolute Gasteiger partial charge is 0.243 e. The fourth-order valence-electron chi connectivity index (χ4n) is 1.78. The summed E-state index contributed by atoms with van der Waals surface area (Å²) in [6.07, 6.45) is 1.91. The van der Waals surface area contributed by atoms with Gasteiger partial charge in [0, 0.05) is 19.8 Å². The van der Waals surface area contributed by atoms with Crippen LogP contribution in [0.2, 0.25) is 0 Å². The Hall–Kier alpha value is -2.11. The Kier molecular flexibility index (Phi) is 3.42. The number of aromatic nitrogens is 3. The van der Waals surface area contributed by atoms with Crippen molar-refractivity contribution < 1.29 is 4.79 Å². The van der Waals surface area contributed by atoms with Crippen LogP contribution in [-0.2, 0) is 4.79 Å². The maximum atomic E-state index is 11.7. The van der Waals surface area contributed by atoms with E-state index in [-0.39, 0.29) is 5.91 Å². The summed E-state index contributed by atoms with van der Waals surface area (Å²) in [4.78, 5) is 16.0. The molecule has 6 heteroatoms. The Morgan fingerprint density at radius 2 is 2.16 bits per heavy atom. The van der Waals surface area contributed by atoms with Gasteiger partial charge in [0.25, 0.3) is 0 Å². The fraction of sp³-hybridized carbons (Fsp3) is 0.462. The van der Waals surface area contributed by atoms with Gasteiger partial charge in [0.2, 0.25) is 11.9 Å². The van der Waals surface area contributed by atoms with Crippen LogP contribution in [0.5, 0.6) is 0 Å². The molecule has 0 atom stereocenters. The summed E-state index contributed by atoms with van der Waals surface area (Å²) in [6, 6.07) is 3.90. The molecule has 0 aromatic carbocycles. The number of pyridine rings is 1. The molecule has 0 aliphatic rings. The summed E-state index contributed by atoms with van der Waals surface area (Å²) in [5, 5.41) is 10.1. The summed E-state index contributed by atoms with van der Waals surface area (Å²) in [5.74, 6) is 0.516. The van der Waals surface area contributed by atoms with Crippen molar-refractivity contribution in [2.24, 2.45) is 5.41 Å². The highest BCUT2D eigenvalue weighted by Gasteiger charge is 2.26. The summed E-state index contributed by atoms with van der Waals surface area (Å²) in [5.41, 5.74) is 1.39. The highest BCUT2D eigenvalue weighted by Crippen LogP contribution is 2.16. The van der Waals surface area contributed by atoms with E-state index < -0.39 is 5.41 Å². The Morgan fingerprint density at radius 3 is 2.84 bits per heavy atom. The van der Waals surface area contributed by atoms with Gasteiger partial charge in [-0.25, -0.2) is 4.52 Å².